The molecule has 0 saturated heterocycles. The van der Waals surface area contributed by atoms with Crippen LogP contribution in [0.2, 0.25) is 0 Å². The van der Waals surface area contributed by atoms with Gasteiger partial charge in [-0.1, -0.05) is 6.07 Å². The summed E-state index contributed by atoms with van der Waals surface area (Å²) in [5.41, 5.74) is 3.41. The van der Waals surface area contributed by atoms with Gasteiger partial charge < -0.3 is 15.2 Å². The molecule has 2 amide bonds. The smallest absolute Gasteiger partial charge is 0.251 e. The molecule has 186 valence electrons. The number of nitrogens with zero attached hydrogens (tertiary/aromatic N) is 3. The molecule has 2 aromatic carbocycles. The standard InChI is InChI=1S/C25H31N5O4S/c1-5-30-22-11-10-19(35(33,34)29(3)4)15-21(22)27-23(30)12-13-24(31)28-20-14-17(7-6-16(20)2)25(32)26-18-8-9-18/h6-7,10-11,14-15,18H,5,8-9,12-13H2,1-4H3,(H,26,32)(H,28,31). The van der Waals surface area contributed by atoms with E-state index in [0.717, 1.165) is 23.9 Å². The van der Waals surface area contributed by atoms with Gasteiger partial charge in [-0.05, 0) is 62.6 Å². The molecule has 1 aliphatic rings. The molecule has 0 radical (unpaired) electrons. The number of hydrogen-bond donors (Lipinski definition) is 2. The van der Waals surface area contributed by atoms with Crippen LogP contribution in [0.4, 0.5) is 5.69 Å². The number of carbonyl (C=O) groups excluding carboxylic acids is 2. The molecule has 0 atom stereocenters. The third-order valence-corrected chi connectivity index (χ3v) is 7.97. The number of anilines is 1. The lowest BCUT2D eigenvalue weighted by atomic mass is 10.1. The van der Waals surface area contributed by atoms with E-state index < -0.39 is 10.0 Å². The lowest BCUT2D eigenvalue weighted by molar-refractivity contribution is -0.116. The van der Waals surface area contributed by atoms with E-state index in [4.69, 9.17) is 0 Å². The number of rotatable bonds is 9. The van der Waals surface area contributed by atoms with E-state index in [1.165, 1.54) is 18.4 Å². The fraction of sp³-hybridized carbons (Fsp3) is 0.400. The Hall–Kier alpha value is -3.24. The van der Waals surface area contributed by atoms with Gasteiger partial charge in [0.2, 0.25) is 15.9 Å². The largest absolute Gasteiger partial charge is 0.349 e. The average Bonchev–Trinajstić information content (AvgIpc) is 3.56. The van der Waals surface area contributed by atoms with Crippen molar-refractivity contribution >= 4 is 38.6 Å². The lowest BCUT2D eigenvalue weighted by Crippen LogP contribution is -2.25. The van der Waals surface area contributed by atoms with E-state index >= 15 is 0 Å². The van der Waals surface area contributed by atoms with E-state index in [1.807, 2.05) is 24.5 Å². The highest BCUT2D eigenvalue weighted by atomic mass is 32.2. The fourth-order valence-electron chi connectivity index (χ4n) is 3.91. The highest BCUT2D eigenvalue weighted by molar-refractivity contribution is 7.89. The van der Waals surface area contributed by atoms with Gasteiger partial charge in [0.1, 0.15) is 5.82 Å². The zero-order valence-corrected chi connectivity index (χ0v) is 21.3. The Labute approximate surface area is 205 Å². The van der Waals surface area contributed by atoms with Crippen LogP contribution in [-0.4, -0.2) is 54.2 Å². The van der Waals surface area contributed by atoms with E-state index in [0.29, 0.717) is 35.6 Å². The first kappa shape index (κ1) is 24.9. The number of hydrogen-bond acceptors (Lipinski definition) is 5. The zero-order chi connectivity index (χ0) is 25.3. The number of fused-ring (bicyclic) bond motifs is 1. The number of imidazole rings is 1. The molecule has 0 bridgehead atoms. The van der Waals surface area contributed by atoms with E-state index in [1.54, 1.807) is 30.3 Å². The lowest BCUT2D eigenvalue weighted by Gasteiger charge is -2.11. The monoisotopic (exact) mass is 497 g/mol. The number of sulfonamides is 1. The molecule has 35 heavy (non-hydrogen) atoms. The summed E-state index contributed by atoms with van der Waals surface area (Å²) in [6.07, 6.45) is 2.61. The molecule has 0 spiro atoms. The molecular weight excluding hydrogens is 466 g/mol. The highest BCUT2D eigenvalue weighted by Gasteiger charge is 2.24. The van der Waals surface area contributed by atoms with Crippen molar-refractivity contribution in [2.45, 2.75) is 57.0 Å². The minimum absolute atomic E-state index is 0.129. The summed E-state index contributed by atoms with van der Waals surface area (Å²) < 4.78 is 28.1. The second-order valence-corrected chi connectivity index (χ2v) is 11.2. The molecule has 1 heterocycles. The number of aryl methyl sites for hydroxylation is 3. The van der Waals surface area contributed by atoms with Crippen molar-refractivity contribution in [3.8, 4) is 0 Å². The third-order valence-electron chi connectivity index (χ3n) is 6.16. The Balaban J connectivity index is 1.48. The molecule has 10 heteroatoms. The SMILES string of the molecule is CCn1c(CCC(=O)Nc2cc(C(=O)NC3CC3)ccc2C)nc2cc(S(=O)(=O)N(C)C)ccc21. The van der Waals surface area contributed by atoms with Gasteiger partial charge in [0.25, 0.3) is 5.91 Å². The van der Waals surface area contributed by atoms with Crippen molar-refractivity contribution in [3.63, 3.8) is 0 Å². The van der Waals surface area contributed by atoms with Gasteiger partial charge in [-0.2, -0.15) is 0 Å². The number of benzene rings is 2. The maximum Gasteiger partial charge on any atom is 0.251 e. The van der Waals surface area contributed by atoms with Gasteiger partial charge in [-0.3, -0.25) is 9.59 Å². The fourth-order valence-corrected chi connectivity index (χ4v) is 4.83. The van der Waals surface area contributed by atoms with Crippen molar-refractivity contribution in [2.24, 2.45) is 0 Å². The molecule has 0 unspecified atom stereocenters. The van der Waals surface area contributed by atoms with Gasteiger partial charge in [-0.15, -0.1) is 0 Å². The van der Waals surface area contributed by atoms with Crippen LogP contribution in [-0.2, 0) is 27.8 Å². The van der Waals surface area contributed by atoms with Crippen molar-refractivity contribution in [3.05, 3.63) is 53.3 Å². The van der Waals surface area contributed by atoms with E-state index in [-0.39, 0.29) is 29.2 Å². The summed E-state index contributed by atoms with van der Waals surface area (Å²) in [5, 5.41) is 5.88. The second kappa shape index (κ2) is 9.79. The molecule has 9 nitrogen and oxygen atoms in total. The molecule has 1 aromatic heterocycles. The zero-order valence-electron chi connectivity index (χ0n) is 20.5. The minimum atomic E-state index is -3.56. The van der Waals surface area contributed by atoms with Gasteiger partial charge >= 0.3 is 0 Å². The summed E-state index contributed by atoms with van der Waals surface area (Å²) in [6.45, 7) is 4.51. The Kier molecular flexibility index (Phi) is 6.95. The van der Waals surface area contributed by atoms with Crippen LogP contribution < -0.4 is 10.6 Å². The first-order valence-corrected chi connectivity index (χ1v) is 13.2. The summed E-state index contributed by atoms with van der Waals surface area (Å²) in [6, 6.07) is 10.5. The topological polar surface area (TPSA) is 113 Å². The molecular formula is C25H31N5O4S. The first-order valence-electron chi connectivity index (χ1n) is 11.7. The van der Waals surface area contributed by atoms with Gasteiger partial charge in [0.05, 0.1) is 15.9 Å². The maximum absolute atomic E-state index is 12.7. The molecule has 3 aromatic rings. The van der Waals surface area contributed by atoms with Gasteiger partial charge in [-0.25, -0.2) is 17.7 Å². The quantitative estimate of drug-likeness (QED) is 0.472. The van der Waals surface area contributed by atoms with Crippen molar-refractivity contribution in [1.82, 2.24) is 19.2 Å². The Morgan fingerprint density at radius 1 is 1.14 bits per heavy atom. The van der Waals surface area contributed by atoms with Crippen LogP contribution in [0.15, 0.2) is 41.3 Å². The predicted octanol–water partition coefficient (Wildman–Crippen LogP) is 3.08. The number of nitrogens with one attached hydrogen (secondary N) is 2. The van der Waals surface area contributed by atoms with Crippen LogP contribution in [0.3, 0.4) is 0 Å². The summed E-state index contributed by atoms with van der Waals surface area (Å²) >= 11 is 0. The molecule has 4 rings (SSSR count). The summed E-state index contributed by atoms with van der Waals surface area (Å²) in [5.74, 6) is 0.403. The highest BCUT2D eigenvalue weighted by Crippen LogP contribution is 2.24. The van der Waals surface area contributed by atoms with Crippen molar-refractivity contribution in [1.29, 1.82) is 0 Å². The third kappa shape index (κ3) is 5.38. The van der Waals surface area contributed by atoms with Crippen molar-refractivity contribution < 1.29 is 18.0 Å². The first-order chi connectivity index (χ1) is 16.6. The van der Waals surface area contributed by atoms with Gasteiger partial charge in [0, 0.05) is 50.8 Å². The summed E-state index contributed by atoms with van der Waals surface area (Å²) in [4.78, 5) is 29.9. The van der Waals surface area contributed by atoms with Crippen molar-refractivity contribution in [2.75, 3.05) is 19.4 Å². The molecule has 1 saturated carbocycles. The summed E-state index contributed by atoms with van der Waals surface area (Å²) in [7, 11) is -0.582. The molecule has 2 N–H and O–H groups in total. The Morgan fingerprint density at radius 2 is 1.89 bits per heavy atom. The van der Waals surface area contributed by atoms with E-state index in [2.05, 4.69) is 15.6 Å². The minimum Gasteiger partial charge on any atom is -0.349 e. The van der Waals surface area contributed by atoms with Crippen LogP contribution in [0.1, 0.15) is 47.9 Å². The Morgan fingerprint density at radius 3 is 2.54 bits per heavy atom. The number of amides is 2. The second-order valence-electron chi connectivity index (χ2n) is 9.04. The van der Waals surface area contributed by atoms with E-state index in [9.17, 15) is 18.0 Å². The number of aromatic nitrogens is 2. The van der Waals surface area contributed by atoms with Crippen LogP contribution in [0, 0.1) is 6.92 Å². The predicted molar refractivity (Wildman–Crippen MR) is 135 cm³/mol. The van der Waals surface area contributed by atoms with Crippen LogP contribution in [0.25, 0.3) is 11.0 Å². The molecule has 0 aliphatic heterocycles. The van der Waals surface area contributed by atoms with Crippen LogP contribution in [0.5, 0.6) is 0 Å². The van der Waals surface area contributed by atoms with Gasteiger partial charge in [0.15, 0.2) is 0 Å². The van der Waals surface area contributed by atoms with Crippen LogP contribution >= 0.6 is 0 Å². The molecule has 1 fully saturated rings. The average molecular weight is 498 g/mol. The maximum atomic E-state index is 12.7. The Bertz CT molecular complexity index is 1390. The number of carbonyl (C=O) groups is 2. The normalized spacial score (nSPS) is 13.9. The molecule has 1 aliphatic carbocycles.